The van der Waals surface area contributed by atoms with Crippen LogP contribution in [0.5, 0.6) is 5.75 Å². The number of carbonyl (C=O) groups excluding carboxylic acids is 3. The predicted molar refractivity (Wildman–Crippen MR) is 87.6 cm³/mol. The first kappa shape index (κ1) is 17.8. The largest absolute Gasteiger partial charge is 0.505 e. The molecule has 1 atom stereocenters. The summed E-state index contributed by atoms with van der Waals surface area (Å²) in [7, 11) is 1.21. The molecule has 1 aliphatic rings. The van der Waals surface area contributed by atoms with Gasteiger partial charge in [0.25, 0.3) is 0 Å². The van der Waals surface area contributed by atoms with Crippen molar-refractivity contribution in [3.63, 3.8) is 0 Å². The number of esters is 1. The molecule has 1 aromatic carbocycles. The van der Waals surface area contributed by atoms with Crippen LogP contribution in [0.3, 0.4) is 0 Å². The second kappa shape index (κ2) is 6.51. The molecule has 24 heavy (non-hydrogen) atoms. The molecule has 7 nitrogen and oxygen atoms in total. The summed E-state index contributed by atoms with van der Waals surface area (Å²) in [6.07, 6.45) is 0.126. The quantitative estimate of drug-likeness (QED) is 0.649. The van der Waals surface area contributed by atoms with Crippen LogP contribution in [-0.2, 0) is 14.3 Å². The Morgan fingerprint density at radius 3 is 2.54 bits per heavy atom. The number of phenolic OH excluding ortho intramolecular Hbond substituents is 1. The molecule has 1 heterocycles. The van der Waals surface area contributed by atoms with Crippen LogP contribution >= 0.6 is 0 Å². The fraction of sp³-hybridized carbons (Fsp3) is 0.471. The maximum atomic E-state index is 12.4. The van der Waals surface area contributed by atoms with Crippen LogP contribution < -0.4 is 5.32 Å². The number of hydrogen-bond acceptors (Lipinski definition) is 5. The molecule has 2 amide bonds. The van der Waals surface area contributed by atoms with Gasteiger partial charge in [-0.1, -0.05) is 6.07 Å². The van der Waals surface area contributed by atoms with E-state index in [1.54, 1.807) is 4.90 Å². The number of rotatable bonds is 3. The second-order valence-corrected chi connectivity index (χ2v) is 6.76. The Morgan fingerprint density at radius 2 is 2.00 bits per heavy atom. The molecular formula is C17H22N2O5. The Bertz CT molecular complexity index is 678. The van der Waals surface area contributed by atoms with Gasteiger partial charge in [0.15, 0.2) is 5.75 Å². The molecular weight excluding hydrogens is 312 g/mol. The van der Waals surface area contributed by atoms with Crippen molar-refractivity contribution in [3.05, 3.63) is 23.8 Å². The Morgan fingerprint density at radius 1 is 1.33 bits per heavy atom. The average molecular weight is 334 g/mol. The topological polar surface area (TPSA) is 95.9 Å². The van der Waals surface area contributed by atoms with Crippen LogP contribution in [0.25, 0.3) is 0 Å². The van der Waals surface area contributed by atoms with Gasteiger partial charge in [-0.3, -0.25) is 9.59 Å². The summed E-state index contributed by atoms with van der Waals surface area (Å²) in [5.74, 6) is -1.99. The molecule has 0 aromatic heterocycles. The molecule has 1 aliphatic heterocycles. The third-order valence-corrected chi connectivity index (χ3v) is 4.00. The molecule has 0 aliphatic carbocycles. The van der Waals surface area contributed by atoms with E-state index in [1.165, 1.54) is 25.3 Å². The first-order chi connectivity index (χ1) is 11.1. The number of para-hydroxylation sites is 1. The number of hydrogen-bond donors (Lipinski definition) is 2. The van der Waals surface area contributed by atoms with E-state index in [0.29, 0.717) is 6.54 Å². The van der Waals surface area contributed by atoms with Gasteiger partial charge in [0, 0.05) is 18.5 Å². The van der Waals surface area contributed by atoms with Gasteiger partial charge >= 0.3 is 5.97 Å². The molecule has 0 spiro atoms. The first-order valence-electron chi connectivity index (χ1n) is 7.66. The fourth-order valence-corrected chi connectivity index (χ4v) is 2.69. The summed E-state index contributed by atoms with van der Waals surface area (Å²) in [6.45, 7) is 6.07. The Labute approximate surface area is 140 Å². The normalized spacial score (nSPS) is 17.8. The van der Waals surface area contributed by atoms with Crippen LogP contribution in [0, 0.1) is 5.92 Å². The molecule has 0 radical (unpaired) electrons. The minimum atomic E-state index is -0.696. The van der Waals surface area contributed by atoms with Gasteiger partial charge in [0.1, 0.15) is 5.56 Å². The van der Waals surface area contributed by atoms with Gasteiger partial charge in [-0.25, -0.2) is 4.79 Å². The van der Waals surface area contributed by atoms with Crippen LogP contribution in [0.1, 0.15) is 37.6 Å². The monoisotopic (exact) mass is 334 g/mol. The molecule has 2 N–H and O–H groups in total. The molecule has 1 saturated heterocycles. The molecule has 2 rings (SSSR count). The Balaban J connectivity index is 2.14. The van der Waals surface area contributed by atoms with E-state index in [-0.39, 0.29) is 40.8 Å². The third-order valence-electron chi connectivity index (χ3n) is 4.00. The summed E-state index contributed by atoms with van der Waals surface area (Å²) in [4.78, 5) is 37.7. The van der Waals surface area contributed by atoms with Gasteiger partial charge in [-0.15, -0.1) is 0 Å². The standard InChI is InChI=1S/C17H22N2O5/c1-17(2,3)19-9-10(8-13(19)20)15(22)18-12-7-5-6-11(14(12)21)16(23)24-4/h5-7,10,21H,8-9H2,1-4H3,(H,18,22). The van der Waals surface area contributed by atoms with E-state index in [1.807, 2.05) is 20.8 Å². The van der Waals surface area contributed by atoms with Gasteiger partial charge in [-0.05, 0) is 32.9 Å². The van der Waals surface area contributed by atoms with Crippen molar-refractivity contribution in [2.45, 2.75) is 32.7 Å². The van der Waals surface area contributed by atoms with Gasteiger partial charge < -0.3 is 20.1 Å². The number of likely N-dealkylation sites (tertiary alicyclic amines) is 1. The van der Waals surface area contributed by atoms with Crippen molar-refractivity contribution in [1.29, 1.82) is 0 Å². The molecule has 0 saturated carbocycles. The number of aromatic hydroxyl groups is 1. The first-order valence-corrected chi connectivity index (χ1v) is 7.66. The Kier molecular flexibility index (Phi) is 4.82. The maximum Gasteiger partial charge on any atom is 0.341 e. The van der Waals surface area contributed by atoms with Gasteiger partial charge in [0.05, 0.1) is 18.7 Å². The zero-order chi connectivity index (χ0) is 18.1. The van der Waals surface area contributed by atoms with Crippen LogP contribution in [0.4, 0.5) is 5.69 Å². The van der Waals surface area contributed by atoms with E-state index in [0.717, 1.165) is 0 Å². The number of nitrogens with one attached hydrogen (secondary N) is 1. The van der Waals surface area contributed by atoms with Gasteiger partial charge in [-0.2, -0.15) is 0 Å². The van der Waals surface area contributed by atoms with Crippen molar-refractivity contribution < 1.29 is 24.2 Å². The summed E-state index contributed by atoms with van der Waals surface area (Å²) < 4.78 is 4.58. The molecule has 1 unspecified atom stereocenters. The van der Waals surface area contributed by atoms with E-state index in [2.05, 4.69) is 10.1 Å². The number of ether oxygens (including phenoxy) is 1. The molecule has 0 bridgehead atoms. The van der Waals surface area contributed by atoms with Gasteiger partial charge in [0.2, 0.25) is 11.8 Å². The number of amides is 2. The number of methoxy groups -OCH3 is 1. The van der Waals surface area contributed by atoms with E-state index in [9.17, 15) is 19.5 Å². The fourth-order valence-electron chi connectivity index (χ4n) is 2.69. The summed E-state index contributed by atoms with van der Waals surface area (Å²) in [6, 6.07) is 4.41. The SMILES string of the molecule is COC(=O)c1cccc(NC(=O)C2CC(=O)N(C(C)(C)C)C2)c1O. The van der Waals surface area contributed by atoms with Crippen LogP contribution in [0.2, 0.25) is 0 Å². The number of benzene rings is 1. The lowest BCUT2D eigenvalue weighted by Gasteiger charge is -2.31. The smallest absolute Gasteiger partial charge is 0.341 e. The minimum Gasteiger partial charge on any atom is -0.505 e. The minimum absolute atomic E-state index is 0.0332. The van der Waals surface area contributed by atoms with Crippen LogP contribution in [0.15, 0.2) is 18.2 Å². The number of nitrogens with zero attached hydrogens (tertiary/aromatic N) is 1. The van der Waals surface area contributed by atoms with E-state index >= 15 is 0 Å². The number of carbonyl (C=O) groups is 3. The highest BCUT2D eigenvalue weighted by Gasteiger charge is 2.39. The van der Waals surface area contributed by atoms with Crippen LogP contribution in [-0.4, -0.2) is 47.0 Å². The van der Waals surface area contributed by atoms with Crippen molar-refractivity contribution in [2.24, 2.45) is 5.92 Å². The lowest BCUT2D eigenvalue weighted by Crippen LogP contribution is -2.42. The van der Waals surface area contributed by atoms with Crippen molar-refractivity contribution >= 4 is 23.5 Å². The molecule has 1 aromatic rings. The van der Waals surface area contributed by atoms with Crippen molar-refractivity contribution in [3.8, 4) is 5.75 Å². The lowest BCUT2D eigenvalue weighted by atomic mass is 10.1. The van der Waals surface area contributed by atoms with Crippen molar-refractivity contribution in [2.75, 3.05) is 19.0 Å². The molecule has 1 fully saturated rings. The number of phenols is 1. The third kappa shape index (κ3) is 3.50. The predicted octanol–water partition coefficient (Wildman–Crippen LogP) is 1.76. The average Bonchev–Trinajstić information content (AvgIpc) is 2.91. The highest BCUT2D eigenvalue weighted by atomic mass is 16.5. The zero-order valence-corrected chi connectivity index (χ0v) is 14.3. The second-order valence-electron chi connectivity index (χ2n) is 6.76. The van der Waals surface area contributed by atoms with Crippen molar-refractivity contribution in [1.82, 2.24) is 4.90 Å². The molecule has 7 heteroatoms. The van der Waals surface area contributed by atoms with E-state index < -0.39 is 11.9 Å². The summed E-state index contributed by atoms with van der Waals surface area (Å²) in [5, 5.41) is 12.7. The number of anilines is 1. The highest BCUT2D eigenvalue weighted by molar-refractivity contribution is 6.01. The zero-order valence-electron chi connectivity index (χ0n) is 14.3. The Hall–Kier alpha value is -2.57. The molecule has 130 valence electrons. The summed E-state index contributed by atoms with van der Waals surface area (Å²) >= 11 is 0. The highest BCUT2D eigenvalue weighted by Crippen LogP contribution is 2.30. The summed E-state index contributed by atoms with van der Waals surface area (Å²) in [5.41, 5.74) is -0.266. The maximum absolute atomic E-state index is 12.4. The van der Waals surface area contributed by atoms with E-state index in [4.69, 9.17) is 0 Å². The lowest BCUT2D eigenvalue weighted by molar-refractivity contribution is -0.131.